The first-order valence-electron chi connectivity index (χ1n) is 11.3. The van der Waals surface area contributed by atoms with E-state index in [1.165, 1.54) is 17.1 Å². The average molecular weight is 556 g/mol. The second-order valence-electron chi connectivity index (χ2n) is 8.56. The third-order valence-electron chi connectivity index (χ3n) is 6.25. The van der Waals surface area contributed by atoms with Crippen molar-refractivity contribution in [2.75, 3.05) is 18.0 Å². The minimum atomic E-state index is -1.31. The third-order valence-corrected chi connectivity index (χ3v) is 8.23. The van der Waals surface area contributed by atoms with E-state index >= 15 is 0 Å². The Morgan fingerprint density at radius 2 is 2.05 bits per heavy atom. The number of nitrogens with two attached hydrogens (primary N) is 1. The van der Waals surface area contributed by atoms with Crippen LogP contribution in [0, 0.1) is 0 Å². The predicted molar refractivity (Wildman–Crippen MR) is 137 cm³/mol. The Hall–Kier alpha value is -4.24. The zero-order valence-corrected chi connectivity index (χ0v) is 21.2. The number of allylic oxidation sites excluding steroid dienone is 1. The van der Waals surface area contributed by atoms with E-state index in [9.17, 15) is 29.5 Å². The maximum Gasteiger partial charge on any atom is 0.352 e. The molecule has 0 unspecified atom stereocenters. The number of carboxylic acid groups (broad SMARTS) is 1. The van der Waals surface area contributed by atoms with E-state index in [0.29, 0.717) is 30.7 Å². The smallest absolute Gasteiger partial charge is 0.352 e. The van der Waals surface area contributed by atoms with Crippen molar-refractivity contribution in [2.24, 2.45) is 5.16 Å². The Kier molecular flexibility index (Phi) is 6.86. The standard InChI is InChI=1S/C23H21N7O6S2/c24-23-26-14(10-38-23)15(28-36)18(31)27-16-20(33)30-17(22(34)35)13(9-37-21(16)30)7-12-3-6-29(19(12)32)8-11-1-4-25-5-2-11/h1-2,4-5,7,10,16,21,36H,3,6,8-9H2,(H2,24,26)(H,27,31)(H,34,35)/t16-,21-/m1/s1. The fraction of sp³-hybridized carbons (Fsp3) is 0.261. The van der Waals surface area contributed by atoms with Crippen LogP contribution < -0.4 is 11.1 Å². The van der Waals surface area contributed by atoms with Crippen LogP contribution in [0.15, 0.2) is 58.0 Å². The number of carbonyl (C=O) groups is 4. The Bertz CT molecular complexity index is 1420. The van der Waals surface area contributed by atoms with Gasteiger partial charge in [0.15, 0.2) is 10.8 Å². The minimum Gasteiger partial charge on any atom is -0.477 e. The van der Waals surface area contributed by atoms with Crippen LogP contribution in [-0.2, 0) is 25.7 Å². The average Bonchev–Trinajstić information content (AvgIpc) is 3.48. The van der Waals surface area contributed by atoms with Crippen LogP contribution in [-0.4, -0.2) is 83.2 Å². The molecule has 5 rings (SSSR count). The molecule has 3 aliphatic rings. The SMILES string of the molecule is Nc1nc(C(=NO)C(=O)N[C@@H]2C(=O)N3C(C(=O)O)=C(C=C4CCN(Cc5ccncc5)C4=O)CS[C@H]23)cs1. The molecule has 0 aromatic carbocycles. The molecular formula is C23H21N7O6S2. The fourth-order valence-electron chi connectivity index (χ4n) is 4.44. The first-order valence-corrected chi connectivity index (χ1v) is 13.3. The quantitative estimate of drug-likeness (QED) is 0.122. The van der Waals surface area contributed by atoms with Gasteiger partial charge in [0.2, 0.25) is 5.91 Å². The van der Waals surface area contributed by atoms with Crippen LogP contribution in [0.25, 0.3) is 0 Å². The van der Waals surface area contributed by atoms with Crippen molar-refractivity contribution in [3.8, 4) is 0 Å². The van der Waals surface area contributed by atoms with Gasteiger partial charge in [-0.2, -0.15) is 0 Å². The summed E-state index contributed by atoms with van der Waals surface area (Å²) >= 11 is 2.31. The van der Waals surface area contributed by atoms with Crippen molar-refractivity contribution < 1.29 is 29.5 Å². The number of nitrogens with zero attached hydrogens (tertiary/aromatic N) is 5. The van der Waals surface area contributed by atoms with E-state index in [2.05, 4.69) is 20.4 Å². The number of aliphatic carboxylic acids is 1. The number of β-lactam (4-membered cyclic amide) rings is 1. The van der Waals surface area contributed by atoms with Crippen molar-refractivity contribution in [2.45, 2.75) is 24.4 Å². The van der Waals surface area contributed by atoms with Crippen LogP contribution in [0.3, 0.4) is 0 Å². The molecule has 196 valence electrons. The van der Waals surface area contributed by atoms with E-state index in [1.807, 2.05) is 12.1 Å². The Morgan fingerprint density at radius 1 is 1.29 bits per heavy atom. The first-order chi connectivity index (χ1) is 18.3. The zero-order chi connectivity index (χ0) is 27.0. The minimum absolute atomic E-state index is 0.0478. The summed E-state index contributed by atoms with van der Waals surface area (Å²) in [5.41, 5.74) is 6.73. The van der Waals surface area contributed by atoms with Gasteiger partial charge in [-0.05, 0) is 35.8 Å². The van der Waals surface area contributed by atoms with Gasteiger partial charge in [-0.25, -0.2) is 9.78 Å². The molecule has 2 fully saturated rings. The molecule has 13 nitrogen and oxygen atoms in total. The summed E-state index contributed by atoms with van der Waals surface area (Å²) in [5.74, 6) is -2.76. The number of anilines is 1. The topological polar surface area (TPSA) is 191 Å². The maximum absolute atomic E-state index is 13.0. The molecule has 0 bridgehead atoms. The van der Waals surface area contributed by atoms with Gasteiger partial charge in [0, 0.05) is 42.2 Å². The number of nitrogens with one attached hydrogen (secondary N) is 1. The molecule has 2 saturated heterocycles. The number of hydrogen-bond donors (Lipinski definition) is 4. The number of fused-ring (bicyclic) bond motifs is 1. The number of thioether (sulfide) groups is 1. The molecule has 2 atom stereocenters. The highest BCUT2D eigenvalue weighted by Crippen LogP contribution is 2.41. The molecule has 2 aromatic rings. The molecule has 0 aliphatic carbocycles. The second kappa shape index (κ2) is 10.3. The zero-order valence-electron chi connectivity index (χ0n) is 19.6. The summed E-state index contributed by atoms with van der Waals surface area (Å²) in [6.45, 7) is 0.910. The molecular weight excluding hydrogens is 534 g/mol. The first kappa shape index (κ1) is 25.4. The number of amides is 3. The van der Waals surface area contributed by atoms with Gasteiger partial charge in [-0.3, -0.25) is 24.3 Å². The normalized spacial score (nSPS) is 22.5. The molecule has 2 aromatic heterocycles. The molecule has 15 heteroatoms. The number of likely N-dealkylation sites (tertiary alicyclic amines) is 1. The summed E-state index contributed by atoms with van der Waals surface area (Å²) < 4.78 is 0. The van der Waals surface area contributed by atoms with E-state index < -0.39 is 34.9 Å². The van der Waals surface area contributed by atoms with Crippen LogP contribution in [0.1, 0.15) is 17.7 Å². The molecule has 3 aliphatic heterocycles. The lowest BCUT2D eigenvalue weighted by Gasteiger charge is -2.49. The van der Waals surface area contributed by atoms with E-state index in [4.69, 9.17) is 5.73 Å². The van der Waals surface area contributed by atoms with Gasteiger partial charge in [-0.15, -0.1) is 23.1 Å². The number of carbonyl (C=O) groups excluding carboxylic acids is 3. The fourth-order valence-corrected chi connectivity index (χ4v) is 6.30. The number of oxime groups is 1. The number of pyridine rings is 1. The number of hydrogen-bond acceptors (Lipinski definition) is 11. The van der Waals surface area contributed by atoms with Gasteiger partial charge in [0.05, 0.1) is 0 Å². The summed E-state index contributed by atoms with van der Waals surface area (Å²) in [5, 5.41) is 25.6. The van der Waals surface area contributed by atoms with Crippen LogP contribution in [0.5, 0.6) is 0 Å². The third kappa shape index (κ3) is 4.61. The van der Waals surface area contributed by atoms with Crippen molar-refractivity contribution in [1.29, 1.82) is 0 Å². The van der Waals surface area contributed by atoms with Crippen molar-refractivity contribution >= 4 is 57.6 Å². The van der Waals surface area contributed by atoms with Crippen molar-refractivity contribution in [1.82, 2.24) is 25.1 Å². The number of aromatic nitrogens is 2. The van der Waals surface area contributed by atoms with E-state index in [-0.39, 0.29) is 28.2 Å². The molecule has 0 spiro atoms. The molecule has 3 amide bonds. The van der Waals surface area contributed by atoms with Gasteiger partial charge in [0.1, 0.15) is 22.8 Å². The number of thiazole rings is 1. The van der Waals surface area contributed by atoms with Crippen LogP contribution in [0.2, 0.25) is 0 Å². The van der Waals surface area contributed by atoms with Crippen LogP contribution in [0.4, 0.5) is 5.13 Å². The Balaban J connectivity index is 1.32. The Morgan fingerprint density at radius 3 is 2.71 bits per heavy atom. The van der Waals surface area contributed by atoms with Gasteiger partial charge < -0.3 is 26.3 Å². The summed E-state index contributed by atoms with van der Waals surface area (Å²) in [6.07, 6.45) is 5.31. The van der Waals surface area contributed by atoms with Crippen molar-refractivity contribution in [3.05, 3.63) is 64.1 Å². The lowest BCUT2D eigenvalue weighted by atomic mass is 10.0. The molecule has 0 saturated carbocycles. The maximum atomic E-state index is 13.0. The number of nitrogen functional groups attached to an aromatic ring is 1. The second-order valence-corrected chi connectivity index (χ2v) is 10.6. The molecule has 5 N–H and O–H groups in total. The monoisotopic (exact) mass is 555 g/mol. The number of carboxylic acids is 1. The van der Waals surface area contributed by atoms with Crippen molar-refractivity contribution in [3.63, 3.8) is 0 Å². The van der Waals surface area contributed by atoms with Gasteiger partial charge in [0.25, 0.3) is 11.8 Å². The summed E-state index contributed by atoms with van der Waals surface area (Å²) in [6, 6.07) is 2.61. The molecule has 38 heavy (non-hydrogen) atoms. The van der Waals surface area contributed by atoms with Gasteiger partial charge in [-0.1, -0.05) is 5.16 Å². The molecule has 5 heterocycles. The predicted octanol–water partition coefficient (Wildman–Crippen LogP) is 0.396. The van der Waals surface area contributed by atoms with E-state index in [1.54, 1.807) is 23.4 Å². The largest absolute Gasteiger partial charge is 0.477 e. The van der Waals surface area contributed by atoms with E-state index in [0.717, 1.165) is 21.8 Å². The highest BCUT2D eigenvalue weighted by Gasteiger charge is 2.54. The summed E-state index contributed by atoms with van der Waals surface area (Å²) in [4.78, 5) is 61.4. The Labute approximate surface area is 223 Å². The lowest BCUT2D eigenvalue weighted by Crippen LogP contribution is -2.71. The highest BCUT2D eigenvalue weighted by molar-refractivity contribution is 8.00. The highest BCUT2D eigenvalue weighted by atomic mass is 32.2. The number of rotatable bonds is 7. The lowest BCUT2D eigenvalue weighted by molar-refractivity contribution is -0.150. The van der Waals surface area contributed by atoms with Gasteiger partial charge >= 0.3 is 5.97 Å². The van der Waals surface area contributed by atoms with Crippen LogP contribution >= 0.6 is 23.1 Å². The molecule has 0 radical (unpaired) electrons. The summed E-state index contributed by atoms with van der Waals surface area (Å²) in [7, 11) is 0.